The second kappa shape index (κ2) is 12.3. The molecule has 1 unspecified atom stereocenters. The van der Waals surface area contributed by atoms with Gasteiger partial charge in [-0.05, 0) is 87.0 Å². The normalized spacial score (nSPS) is 16.0. The zero-order valence-corrected chi connectivity index (χ0v) is 20.2. The SMILES string of the molecule is Cc1c(CCCC2CCCCN2)ccc2[nH]c(COc3ccc(Cl)cc3)nc12.O=C(O)C(F)(F)F. The number of aryl methyl sites for hydroxylation is 2. The standard InChI is InChI=1S/C23H28ClN3O.C2HF3O2/c1-16-17(5-4-7-19-6-2-3-14-25-19)8-13-21-23(16)27-22(26-21)15-28-20-11-9-18(24)10-12-20;3-2(4,5)1(6)7/h8-13,19,25H,2-7,14-15H2,1H3,(H,26,27);(H,6,7). The molecular formula is C25H29ClF3N3O3. The first-order chi connectivity index (χ1) is 16.6. The van der Waals surface area contributed by atoms with E-state index in [4.69, 9.17) is 31.2 Å². The Morgan fingerprint density at radius 3 is 2.54 bits per heavy atom. The van der Waals surface area contributed by atoms with Crippen LogP contribution in [0, 0.1) is 6.92 Å². The van der Waals surface area contributed by atoms with Gasteiger partial charge in [0.2, 0.25) is 0 Å². The Labute approximate surface area is 206 Å². The van der Waals surface area contributed by atoms with Crippen molar-refractivity contribution >= 4 is 28.6 Å². The van der Waals surface area contributed by atoms with E-state index in [9.17, 15) is 13.2 Å². The number of hydrogen-bond acceptors (Lipinski definition) is 4. The van der Waals surface area contributed by atoms with Crippen LogP contribution >= 0.6 is 11.6 Å². The fourth-order valence-electron chi connectivity index (χ4n) is 4.04. The van der Waals surface area contributed by atoms with Crippen LogP contribution < -0.4 is 10.1 Å². The summed E-state index contributed by atoms with van der Waals surface area (Å²) >= 11 is 5.92. The summed E-state index contributed by atoms with van der Waals surface area (Å²) in [5, 5.41) is 11.5. The molecule has 0 saturated carbocycles. The van der Waals surface area contributed by atoms with Gasteiger partial charge in [-0.3, -0.25) is 0 Å². The van der Waals surface area contributed by atoms with Gasteiger partial charge in [-0.25, -0.2) is 9.78 Å². The zero-order chi connectivity index (χ0) is 25.4. The minimum absolute atomic E-state index is 0.415. The van der Waals surface area contributed by atoms with Gasteiger partial charge in [0, 0.05) is 11.1 Å². The van der Waals surface area contributed by atoms with Crippen molar-refractivity contribution in [2.24, 2.45) is 0 Å². The molecule has 0 aliphatic carbocycles. The Bertz CT molecular complexity index is 1110. The average molecular weight is 512 g/mol. The third-order valence-corrected chi connectivity index (χ3v) is 6.16. The number of nitrogens with zero attached hydrogens (tertiary/aromatic N) is 1. The van der Waals surface area contributed by atoms with Crippen LogP contribution in [0.1, 0.15) is 49.1 Å². The number of alkyl halides is 3. The third kappa shape index (κ3) is 8.14. The molecule has 0 spiro atoms. The zero-order valence-electron chi connectivity index (χ0n) is 19.4. The number of hydrogen-bond donors (Lipinski definition) is 3. The molecular weight excluding hydrogens is 483 g/mol. The summed E-state index contributed by atoms with van der Waals surface area (Å²) in [6.45, 7) is 3.78. The Morgan fingerprint density at radius 1 is 1.20 bits per heavy atom. The topological polar surface area (TPSA) is 87.2 Å². The number of piperidine rings is 1. The summed E-state index contributed by atoms with van der Waals surface area (Å²) in [6, 6.07) is 12.5. The van der Waals surface area contributed by atoms with Gasteiger partial charge >= 0.3 is 12.1 Å². The van der Waals surface area contributed by atoms with Gasteiger partial charge in [0.1, 0.15) is 18.2 Å². The first kappa shape index (κ1) is 26.8. The number of benzene rings is 2. The number of halogens is 4. The van der Waals surface area contributed by atoms with Gasteiger partial charge < -0.3 is 20.1 Å². The van der Waals surface area contributed by atoms with E-state index in [2.05, 4.69) is 29.4 Å². The number of H-pyrrole nitrogens is 1. The molecule has 10 heteroatoms. The number of ether oxygens (including phenoxy) is 1. The molecule has 1 atom stereocenters. The van der Waals surface area contributed by atoms with Crippen molar-refractivity contribution in [1.82, 2.24) is 15.3 Å². The van der Waals surface area contributed by atoms with E-state index in [0.29, 0.717) is 17.7 Å². The largest absolute Gasteiger partial charge is 0.490 e. The van der Waals surface area contributed by atoms with Crippen molar-refractivity contribution in [3.8, 4) is 5.75 Å². The lowest BCUT2D eigenvalue weighted by atomic mass is 9.96. The van der Waals surface area contributed by atoms with Crippen molar-refractivity contribution in [3.63, 3.8) is 0 Å². The highest BCUT2D eigenvalue weighted by molar-refractivity contribution is 6.30. The third-order valence-electron chi connectivity index (χ3n) is 5.91. The van der Waals surface area contributed by atoms with Crippen molar-refractivity contribution in [1.29, 1.82) is 0 Å². The first-order valence-electron chi connectivity index (χ1n) is 11.5. The van der Waals surface area contributed by atoms with Crippen LogP contribution in [-0.2, 0) is 17.8 Å². The minimum Gasteiger partial charge on any atom is -0.486 e. The van der Waals surface area contributed by atoms with Crippen LogP contribution in [0.3, 0.4) is 0 Å². The van der Waals surface area contributed by atoms with Crippen LogP contribution in [-0.4, -0.2) is 39.8 Å². The summed E-state index contributed by atoms with van der Waals surface area (Å²) in [4.78, 5) is 17.1. The average Bonchev–Trinajstić information content (AvgIpc) is 3.25. The molecule has 3 N–H and O–H groups in total. The molecule has 3 aromatic rings. The highest BCUT2D eigenvalue weighted by Crippen LogP contribution is 2.23. The molecule has 1 saturated heterocycles. The molecule has 1 fully saturated rings. The number of aromatic nitrogens is 2. The van der Waals surface area contributed by atoms with Gasteiger partial charge in [-0.2, -0.15) is 13.2 Å². The molecule has 190 valence electrons. The quantitative estimate of drug-likeness (QED) is 0.351. The van der Waals surface area contributed by atoms with Crippen LogP contribution in [0.25, 0.3) is 11.0 Å². The maximum atomic E-state index is 10.6. The van der Waals surface area contributed by atoms with Gasteiger partial charge in [-0.1, -0.05) is 24.1 Å². The Kier molecular flexibility index (Phi) is 9.40. The number of nitrogens with one attached hydrogen (secondary N) is 2. The summed E-state index contributed by atoms with van der Waals surface area (Å²) in [6.07, 6.45) is 2.54. The van der Waals surface area contributed by atoms with Gasteiger partial charge in [0.05, 0.1) is 11.0 Å². The van der Waals surface area contributed by atoms with Gasteiger partial charge in [0.15, 0.2) is 0 Å². The van der Waals surface area contributed by atoms with E-state index in [-0.39, 0.29) is 0 Å². The first-order valence-corrected chi connectivity index (χ1v) is 11.9. The Morgan fingerprint density at radius 2 is 1.91 bits per heavy atom. The predicted molar refractivity (Wildman–Crippen MR) is 129 cm³/mol. The van der Waals surface area contributed by atoms with Crippen molar-refractivity contribution in [2.75, 3.05) is 6.54 Å². The number of carbonyl (C=O) groups is 1. The van der Waals surface area contributed by atoms with E-state index >= 15 is 0 Å². The number of carboxylic acids is 1. The lowest BCUT2D eigenvalue weighted by Gasteiger charge is -2.23. The monoisotopic (exact) mass is 511 g/mol. The van der Waals surface area contributed by atoms with E-state index in [1.807, 2.05) is 24.3 Å². The number of fused-ring (bicyclic) bond motifs is 1. The number of aliphatic carboxylic acids is 1. The van der Waals surface area contributed by atoms with Crippen LogP contribution in [0.15, 0.2) is 36.4 Å². The smallest absolute Gasteiger partial charge is 0.486 e. The maximum absolute atomic E-state index is 10.6. The molecule has 4 rings (SSSR count). The van der Waals surface area contributed by atoms with E-state index in [1.165, 1.54) is 49.8 Å². The number of carboxylic acid groups (broad SMARTS) is 1. The Hall–Kier alpha value is -2.78. The maximum Gasteiger partial charge on any atom is 0.490 e. The highest BCUT2D eigenvalue weighted by Gasteiger charge is 2.38. The molecule has 0 bridgehead atoms. The molecule has 0 amide bonds. The van der Waals surface area contributed by atoms with Crippen LogP contribution in [0.4, 0.5) is 13.2 Å². The lowest BCUT2D eigenvalue weighted by molar-refractivity contribution is -0.192. The summed E-state index contributed by atoms with van der Waals surface area (Å²) in [5.74, 6) is -1.12. The Balaban J connectivity index is 0.000000429. The van der Waals surface area contributed by atoms with E-state index in [1.54, 1.807) is 0 Å². The van der Waals surface area contributed by atoms with Crippen molar-refractivity contribution in [3.05, 3.63) is 58.4 Å². The fourth-order valence-corrected chi connectivity index (χ4v) is 4.16. The molecule has 35 heavy (non-hydrogen) atoms. The van der Waals surface area contributed by atoms with Crippen molar-refractivity contribution in [2.45, 2.75) is 64.3 Å². The van der Waals surface area contributed by atoms with E-state index < -0.39 is 12.1 Å². The minimum atomic E-state index is -5.08. The molecule has 2 aromatic carbocycles. The second-order valence-corrected chi connectivity index (χ2v) is 8.95. The molecule has 0 radical (unpaired) electrons. The van der Waals surface area contributed by atoms with Crippen LogP contribution in [0.2, 0.25) is 5.02 Å². The summed E-state index contributed by atoms with van der Waals surface area (Å²) in [5.41, 5.74) is 4.82. The summed E-state index contributed by atoms with van der Waals surface area (Å²) < 4.78 is 37.6. The molecule has 1 aliphatic rings. The molecule has 1 aromatic heterocycles. The molecule has 1 aliphatic heterocycles. The lowest BCUT2D eigenvalue weighted by Crippen LogP contribution is -2.33. The number of imidazole rings is 1. The molecule has 2 heterocycles. The number of rotatable bonds is 7. The van der Waals surface area contributed by atoms with Crippen LogP contribution in [0.5, 0.6) is 5.75 Å². The van der Waals surface area contributed by atoms with E-state index in [0.717, 1.165) is 29.0 Å². The predicted octanol–water partition coefficient (Wildman–Crippen LogP) is 6.20. The van der Waals surface area contributed by atoms with Gasteiger partial charge in [-0.15, -0.1) is 0 Å². The highest BCUT2D eigenvalue weighted by atomic mass is 35.5. The van der Waals surface area contributed by atoms with Crippen molar-refractivity contribution < 1.29 is 27.8 Å². The van der Waals surface area contributed by atoms with Gasteiger partial charge in [0.25, 0.3) is 0 Å². The molecule has 6 nitrogen and oxygen atoms in total. The second-order valence-electron chi connectivity index (χ2n) is 8.51. The number of aromatic amines is 1. The fraction of sp³-hybridized carbons (Fsp3) is 0.440. The summed E-state index contributed by atoms with van der Waals surface area (Å²) in [7, 11) is 0.